The van der Waals surface area contributed by atoms with Gasteiger partial charge in [0.2, 0.25) is 0 Å². The van der Waals surface area contributed by atoms with Gasteiger partial charge in [-0.1, -0.05) is 13.8 Å². The predicted molar refractivity (Wildman–Crippen MR) is 51.1 cm³/mol. The standard InChI is InChI=1S/C11H12N.Na/c1-8-11(2,3)9-6-4-5-7-10(9)12-8;/h5-7H,1-3H3;/q-1;+1. The van der Waals surface area contributed by atoms with E-state index in [4.69, 9.17) is 0 Å². The van der Waals surface area contributed by atoms with Gasteiger partial charge in [-0.05, 0) is 18.0 Å². The first-order chi connectivity index (χ1) is 5.62. The molecule has 0 aliphatic carbocycles. The summed E-state index contributed by atoms with van der Waals surface area (Å²) in [5.41, 5.74) is 3.70. The number of hydrogen-bond acceptors (Lipinski definition) is 1. The Morgan fingerprint density at radius 3 is 2.69 bits per heavy atom. The smallest absolute Gasteiger partial charge is 0.284 e. The van der Waals surface area contributed by atoms with Crippen molar-refractivity contribution in [1.29, 1.82) is 0 Å². The first kappa shape index (κ1) is 11.0. The molecule has 1 aliphatic heterocycles. The van der Waals surface area contributed by atoms with Crippen LogP contribution in [0.5, 0.6) is 0 Å². The van der Waals surface area contributed by atoms with Gasteiger partial charge in [-0.2, -0.15) is 18.2 Å². The molecule has 13 heavy (non-hydrogen) atoms. The Balaban J connectivity index is 0.000000845. The fourth-order valence-electron chi connectivity index (χ4n) is 1.54. The molecular formula is C11H12NNa. The van der Waals surface area contributed by atoms with E-state index >= 15 is 0 Å². The van der Waals surface area contributed by atoms with Crippen molar-refractivity contribution in [2.45, 2.75) is 26.2 Å². The molecule has 0 spiro atoms. The van der Waals surface area contributed by atoms with Crippen molar-refractivity contribution >= 4 is 11.4 Å². The van der Waals surface area contributed by atoms with Gasteiger partial charge in [-0.25, -0.2) is 0 Å². The summed E-state index contributed by atoms with van der Waals surface area (Å²) in [6, 6.07) is 9.07. The Morgan fingerprint density at radius 1 is 1.38 bits per heavy atom. The van der Waals surface area contributed by atoms with E-state index in [1.165, 1.54) is 11.3 Å². The molecule has 1 nitrogen and oxygen atoms in total. The summed E-state index contributed by atoms with van der Waals surface area (Å²) in [6.07, 6.45) is 0. The number of fused-ring (bicyclic) bond motifs is 1. The van der Waals surface area contributed by atoms with E-state index in [9.17, 15) is 0 Å². The van der Waals surface area contributed by atoms with Crippen LogP contribution in [0.2, 0.25) is 0 Å². The Labute approximate surface area is 102 Å². The van der Waals surface area contributed by atoms with Gasteiger partial charge in [-0.15, -0.1) is 11.6 Å². The van der Waals surface area contributed by atoms with E-state index in [1.807, 2.05) is 18.2 Å². The SMILES string of the molecule is CC1=Nc2cc[c-]cc2C1(C)C.[Na+]. The van der Waals surface area contributed by atoms with Crippen LogP contribution in [-0.2, 0) is 5.41 Å². The van der Waals surface area contributed by atoms with Gasteiger partial charge in [-0.3, -0.25) is 4.99 Å². The molecule has 1 aromatic rings. The van der Waals surface area contributed by atoms with Crippen molar-refractivity contribution in [2.75, 3.05) is 0 Å². The third-order valence-electron chi connectivity index (χ3n) is 2.71. The normalized spacial score (nSPS) is 17.3. The maximum absolute atomic E-state index is 4.50. The van der Waals surface area contributed by atoms with Crippen LogP contribution in [-0.4, -0.2) is 5.71 Å². The molecule has 0 N–H and O–H groups in total. The Morgan fingerprint density at radius 2 is 2.08 bits per heavy atom. The van der Waals surface area contributed by atoms with Crippen LogP contribution in [0.15, 0.2) is 23.2 Å². The number of nitrogens with zero attached hydrogens (tertiary/aromatic N) is 1. The quantitative estimate of drug-likeness (QED) is 0.391. The van der Waals surface area contributed by atoms with Gasteiger partial charge in [0.05, 0.1) is 0 Å². The van der Waals surface area contributed by atoms with E-state index in [1.54, 1.807) is 0 Å². The molecule has 0 amide bonds. The summed E-state index contributed by atoms with van der Waals surface area (Å²) in [5.74, 6) is 0. The second-order valence-corrected chi connectivity index (χ2v) is 3.77. The number of hydrogen-bond donors (Lipinski definition) is 0. The second-order valence-electron chi connectivity index (χ2n) is 3.77. The number of benzene rings is 1. The van der Waals surface area contributed by atoms with Crippen molar-refractivity contribution in [3.05, 3.63) is 29.8 Å². The van der Waals surface area contributed by atoms with Crippen molar-refractivity contribution in [3.63, 3.8) is 0 Å². The zero-order valence-corrected chi connectivity index (χ0v) is 10.7. The molecule has 62 valence electrons. The van der Waals surface area contributed by atoms with Crippen LogP contribution >= 0.6 is 0 Å². The van der Waals surface area contributed by atoms with Gasteiger partial charge in [0.15, 0.2) is 0 Å². The van der Waals surface area contributed by atoms with Crippen LogP contribution in [0, 0.1) is 6.07 Å². The Hall–Kier alpha value is -0.110. The zero-order valence-electron chi connectivity index (χ0n) is 8.68. The van der Waals surface area contributed by atoms with E-state index in [2.05, 4.69) is 31.8 Å². The Kier molecular flexibility index (Phi) is 3.01. The molecule has 0 bridgehead atoms. The summed E-state index contributed by atoms with van der Waals surface area (Å²) >= 11 is 0. The molecule has 0 unspecified atom stereocenters. The zero-order chi connectivity index (χ0) is 8.77. The minimum absolute atomic E-state index is 0. The summed E-state index contributed by atoms with van der Waals surface area (Å²) in [5, 5.41) is 0. The van der Waals surface area contributed by atoms with Crippen LogP contribution in [0.3, 0.4) is 0 Å². The maximum Gasteiger partial charge on any atom is 1.00 e. The van der Waals surface area contributed by atoms with Crippen LogP contribution < -0.4 is 29.6 Å². The molecule has 0 radical (unpaired) electrons. The van der Waals surface area contributed by atoms with Crippen LogP contribution in [0.1, 0.15) is 26.3 Å². The summed E-state index contributed by atoms with van der Waals surface area (Å²) in [4.78, 5) is 4.50. The molecule has 0 aromatic heterocycles. The summed E-state index contributed by atoms with van der Waals surface area (Å²) in [6.45, 7) is 6.48. The van der Waals surface area contributed by atoms with E-state index in [0.29, 0.717) is 0 Å². The van der Waals surface area contributed by atoms with E-state index < -0.39 is 0 Å². The van der Waals surface area contributed by atoms with E-state index in [-0.39, 0.29) is 35.0 Å². The van der Waals surface area contributed by atoms with Gasteiger partial charge in [0.25, 0.3) is 0 Å². The molecule has 0 fully saturated rings. The van der Waals surface area contributed by atoms with Crippen molar-refractivity contribution < 1.29 is 29.6 Å². The Bertz CT molecular complexity index is 353. The third kappa shape index (κ3) is 1.61. The first-order valence-corrected chi connectivity index (χ1v) is 4.19. The molecular weight excluding hydrogens is 169 g/mol. The van der Waals surface area contributed by atoms with Gasteiger partial charge in [0, 0.05) is 5.71 Å². The minimum atomic E-state index is 0. The molecule has 1 aliphatic rings. The molecule has 0 saturated heterocycles. The first-order valence-electron chi connectivity index (χ1n) is 4.19. The second kappa shape index (κ2) is 3.56. The molecule has 0 atom stereocenters. The van der Waals surface area contributed by atoms with Crippen LogP contribution in [0.4, 0.5) is 5.69 Å². The van der Waals surface area contributed by atoms with E-state index in [0.717, 1.165) is 5.69 Å². The van der Waals surface area contributed by atoms with Crippen LogP contribution in [0.25, 0.3) is 0 Å². The largest absolute Gasteiger partial charge is 1.00 e. The average molecular weight is 181 g/mol. The maximum atomic E-state index is 4.50. The predicted octanol–water partition coefficient (Wildman–Crippen LogP) is -0.126. The number of aliphatic imine (C=N–C) groups is 1. The minimum Gasteiger partial charge on any atom is -0.284 e. The summed E-state index contributed by atoms with van der Waals surface area (Å²) in [7, 11) is 0. The van der Waals surface area contributed by atoms with Gasteiger partial charge < -0.3 is 0 Å². The summed E-state index contributed by atoms with van der Waals surface area (Å²) < 4.78 is 0. The van der Waals surface area contributed by atoms with Crippen molar-refractivity contribution in [3.8, 4) is 0 Å². The fourth-order valence-corrected chi connectivity index (χ4v) is 1.54. The average Bonchev–Trinajstić information content (AvgIpc) is 2.25. The molecule has 1 aromatic carbocycles. The van der Waals surface area contributed by atoms with Gasteiger partial charge >= 0.3 is 29.6 Å². The molecule has 0 saturated carbocycles. The van der Waals surface area contributed by atoms with Crippen molar-refractivity contribution in [1.82, 2.24) is 0 Å². The van der Waals surface area contributed by atoms with Crippen molar-refractivity contribution in [2.24, 2.45) is 4.99 Å². The third-order valence-corrected chi connectivity index (χ3v) is 2.71. The fraction of sp³-hybridized carbons (Fsp3) is 0.364. The van der Waals surface area contributed by atoms with Gasteiger partial charge in [0.1, 0.15) is 0 Å². The molecule has 2 heteroatoms. The molecule has 1 heterocycles. The monoisotopic (exact) mass is 181 g/mol. The number of rotatable bonds is 0. The topological polar surface area (TPSA) is 12.4 Å². The molecule has 2 rings (SSSR count).